The highest BCUT2D eigenvalue weighted by Gasteiger charge is 2.16. The van der Waals surface area contributed by atoms with E-state index in [0.29, 0.717) is 23.0 Å². The molecule has 0 saturated carbocycles. The minimum Gasteiger partial charge on any atom is -0.487 e. The Morgan fingerprint density at radius 2 is 2.10 bits per heavy atom. The van der Waals surface area contributed by atoms with Gasteiger partial charge in [0.2, 0.25) is 5.91 Å². The zero-order valence-electron chi connectivity index (χ0n) is 15.3. The van der Waals surface area contributed by atoms with Crippen LogP contribution < -0.4 is 10.1 Å². The van der Waals surface area contributed by atoms with Gasteiger partial charge in [0.05, 0.1) is 12.3 Å². The molecule has 0 atom stereocenters. The summed E-state index contributed by atoms with van der Waals surface area (Å²) in [5, 5.41) is 12.6. The summed E-state index contributed by atoms with van der Waals surface area (Å²) in [6.07, 6.45) is 1.73. The van der Waals surface area contributed by atoms with Gasteiger partial charge in [-0.15, -0.1) is 11.7 Å². The number of hydrogen-bond donors (Lipinski definition) is 1. The SMILES string of the molecule is C=CCn1nnc(COc2ccc(Cl)cc2)c1SCC(=O)Nc1cccc(Br)c1. The molecule has 3 aromatic rings. The summed E-state index contributed by atoms with van der Waals surface area (Å²) in [4.78, 5) is 12.3. The highest BCUT2D eigenvalue weighted by Crippen LogP contribution is 2.24. The number of carbonyl (C=O) groups excluding carboxylic acids is 1. The highest BCUT2D eigenvalue weighted by atomic mass is 79.9. The van der Waals surface area contributed by atoms with Gasteiger partial charge in [0.15, 0.2) is 0 Å². The lowest BCUT2D eigenvalue weighted by Gasteiger charge is -2.09. The Kier molecular flexibility index (Phi) is 7.74. The molecule has 2 aromatic carbocycles. The second-order valence-electron chi connectivity index (χ2n) is 5.90. The number of thioether (sulfide) groups is 1. The molecule has 0 radical (unpaired) electrons. The van der Waals surface area contributed by atoms with Gasteiger partial charge in [-0.25, -0.2) is 4.68 Å². The van der Waals surface area contributed by atoms with Crippen molar-refractivity contribution in [3.05, 3.63) is 76.4 Å². The molecular formula is C20H18BrClN4O2S. The van der Waals surface area contributed by atoms with E-state index < -0.39 is 0 Å². The smallest absolute Gasteiger partial charge is 0.234 e. The van der Waals surface area contributed by atoms with Gasteiger partial charge >= 0.3 is 0 Å². The van der Waals surface area contributed by atoms with E-state index in [1.807, 2.05) is 24.3 Å². The zero-order valence-corrected chi connectivity index (χ0v) is 18.5. The second-order valence-corrected chi connectivity index (χ2v) is 8.22. The fourth-order valence-electron chi connectivity index (χ4n) is 2.41. The van der Waals surface area contributed by atoms with E-state index in [0.717, 1.165) is 15.2 Å². The Morgan fingerprint density at radius 3 is 2.83 bits per heavy atom. The lowest BCUT2D eigenvalue weighted by molar-refractivity contribution is -0.113. The molecule has 1 aromatic heterocycles. The summed E-state index contributed by atoms with van der Waals surface area (Å²) in [5.74, 6) is 0.769. The van der Waals surface area contributed by atoms with Crippen LogP contribution in [0.3, 0.4) is 0 Å². The van der Waals surface area contributed by atoms with Crippen LogP contribution >= 0.6 is 39.3 Å². The first-order valence-corrected chi connectivity index (χ1v) is 10.8. The quantitative estimate of drug-likeness (QED) is 0.328. The van der Waals surface area contributed by atoms with Gasteiger partial charge in [-0.1, -0.05) is 56.6 Å². The molecule has 0 spiro atoms. The lowest BCUT2D eigenvalue weighted by Crippen LogP contribution is -2.15. The zero-order chi connectivity index (χ0) is 20.6. The molecule has 6 nitrogen and oxygen atoms in total. The van der Waals surface area contributed by atoms with Crippen LogP contribution in [0.15, 0.2) is 70.7 Å². The van der Waals surface area contributed by atoms with Crippen molar-refractivity contribution in [2.45, 2.75) is 18.2 Å². The van der Waals surface area contributed by atoms with Gasteiger partial charge in [-0.3, -0.25) is 4.79 Å². The Labute approximate surface area is 186 Å². The predicted octanol–water partition coefficient (Wildman–Crippen LogP) is 5.19. The molecule has 3 rings (SSSR count). The van der Waals surface area contributed by atoms with Crippen LogP contribution in [0, 0.1) is 0 Å². The van der Waals surface area contributed by atoms with Crippen LogP contribution in [-0.2, 0) is 17.9 Å². The number of aromatic nitrogens is 3. The number of amides is 1. The molecule has 29 heavy (non-hydrogen) atoms. The van der Waals surface area contributed by atoms with Crippen molar-refractivity contribution >= 4 is 50.9 Å². The third-order valence-corrected chi connectivity index (χ3v) is 5.57. The van der Waals surface area contributed by atoms with E-state index in [1.54, 1.807) is 35.0 Å². The summed E-state index contributed by atoms with van der Waals surface area (Å²) in [5.41, 5.74) is 1.39. The van der Waals surface area contributed by atoms with Crippen molar-refractivity contribution in [1.29, 1.82) is 0 Å². The first kappa shape index (κ1) is 21.4. The Morgan fingerprint density at radius 1 is 1.31 bits per heavy atom. The van der Waals surface area contributed by atoms with E-state index in [1.165, 1.54) is 11.8 Å². The minimum absolute atomic E-state index is 0.121. The molecule has 1 N–H and O–H groups in total. The predicted molar refractivity (Wildman–Crippen MR) is 119 cm³/mol. The summed E-state index contributed by atoms with van der Waals surface area (Å²) in [7, 11) is 0. The van der Waals surface area contributed by atoms with E-state index in [9.17, 15) is 4.79 Å². The standard InChI is InChI=1S/C20H18BrClN4O2S/c1-2-10-26-20(29-13-19(27)23-16-5-3-4-14(21)11-16)18(24-25-26)12-28-17-8-6-15(22)7-9-17/h2-9,11H,1,10,12-13H2,(H,23,27). The molecule has 0 saturated heterocycles. The van der Waals surface area contributed by atoms with E-state index in [4.69, 9.17) is 16.3 Å². The highest BCUT2D eigenvalue weighted by molar-refractivity contribution is 9.10. The molecule has 0 aliphatic carbocycles. The number of rotatable bonds is 9. The summed E-state index contributed by atoms with van der Waals surface area (Å²) in [6, 6.07) is 14.5. The first-order chi connectivity index (χ1) is 14.0. The normalized spacial score (nSPS) is 10.6. The van der Waals surface area contributed by atoms with Crippen molar-refractivity contribution in [3.63, 3.8) is 0 Å². The van der Waals surface area contributed by atoms with Crippen LogP contribution in [0.2, 0.25) is 5.02 Å². The third kappa shape index (κ3) is 6.35. The van der Waals surface area contributed by atoms with E-state index in [-0.39, 0.29) is 18.3 Å². The summed E-state index contributed by atoms with van der Waals surface area (Å²) >= 11 is 10.6. The Hall–Kier alpha value is -2.29. The molecule has 0 bridgehead atoms. The first-order valence-electron chi connectivity index (χ1n) is 8.65. The molecule has 1 heterocycles. The number of allylic oxidation sites excluding steroid dienone is 1. The molecule has 0 aliphatic heterocycles. The van der Waals surface area contributed by atoms with Crippen molar-refractivity contribution in [2.24, 2.45) is 0 Å². The Bertz CT molecular complexity index is 994. The topological polar surface area (TPSA) is 69.0 Å². The fourth-order valence-corrected chi connectivity index (χ4v) is 3.80. The van der Waals surface area contributed by atoms with Gasteiger partial charge < -0.3 is 10.1 Å². The fraction of sp³-hybridized carbons (Fsp3) is 0.150. The van der Waals surface area contributed by atoms with Crippen LogP contribution in [0.25, 0.3) is 0 Å². The monoisotopic (exact) mass is 492 g/mol. The number of nitrogens with one attached hydrogen (secondary N) is 1. The number of ether oxygens (including phenoxy) is 1. The van der Waals surface area contributed by atoms with Crippen LogP contribution in [0.5, 0.6) is 5.75 Å². The van der Waals surface area contributed by atoms with Gasteiger partial charge in [0.1, 0.15) is 23.1 Å². The van der Waals surface area contributed by atoms with Crippen LogP contribution in [-0.4, -0.2) is 26.7 Å². The number of benzene rings is 2. The number of nitrogens with zero attached hydrogens (tertiary/aromatic N) is 3. The number of halogens is 2. The number of carbonyl (C=O) groups is 1. The molecular weight excluding hydrogens is 476 g/mol. The molecule has 0 fully saturated rings. The summed E-state index contributed by atoms with van der Waals surface area (Å²) in [6.45, 7) is 4.46. The van der Waals surface area contributed by atoms with Gasteiger partial charge in [0.25, 0.3) is 0 Å². The van der Waals surface area contributed by atoms with Gasteiger partial charge in [-0.2, -0.15) is 0 Å². The maximum atomic E-state index is 12.3. The average molecular weight is 494 g/mol. The number of anilines is 1. The van der Waals surface area contributed by atoms with Crippen molar-refractivity contribution < 1.29 is 9.53 Å². The van der Waals surface area contributed by atoms with Gasteiger partial charge in [-0.05, 0) is 42.5 Å². The minimum atomic E-state index is -0.121. The van der Waals surface area contributed by atoms with Crippen molar-refractivity contribution in [2.75, 3.05) is 11.1 Å². The average Bonchev–Trinajstić information content (AvgIpc) is 3.08. The van der Waals surface area contributed by atoms with Crippen molar-refractivity contribution in [1.82, 2.24) is 15.0 Å². The summed E-state index contributed by atoms with van der Waals surface area (Å²) < 4.78 is 8.38. The number of hydrogen-bond acceptors (Lipinski definition) is 5. The molecule has 0 aliphatic rings. The van der Waals surface area contributed by atoms with Crippen molar-refractivity contribution in [3.8, 4) is 5.75 Å². The van der Waals surface area contributed by atoms with Gasteiger partial charge in [0, 0.05) is 15.2 Å². The molecule has 0 unspecified atom stereocenters. The maximum absolute atomic E-state index is 12.3. The largest absolute Gasteiger partial charge is 0.487 e. The molecule has 150 valence electrons. The van der Waals surface area contributed by atoms with E-state index >= 15 is 0 Å². The van der Waals surface area contributed by atoms with E-state index in [2.05, 4.69) is 38.1 Å². The molecule has 1 amide bonds. The van der Waals surface area contributed by atoms with Crippen LogP contribution in [0.4, 0.5) is 5.69 Å². The van der Waals surface area contributed by atoms with Crippen LogP contribution in [0.1, 0.15) is 5.69 Å². The maximum Gasteiger partial charge on any atom is 0.234 e. The molecule has 9 heteroatoms. The third-order valence-electron chi connectivity index (χ3n) is 3.69. The Balaban J connectivity index is 1.64. The lowest BCUT2D eigenvalue weighted by atomic mass is 10.3. The second kappa shape index (κ2) is 10.5.